The first-order chi connectivity index (χ1) is 18.1. The number of halogens is 1. The molecule has 1 aromatic heterocycles. The number of primary sulfonamides is 1. The van der Waals surface area contributed by atoms with Gasteiger partial charge in [0.05, 0.1) is 16.3 Å². The average molecular weight is 535 g/mol. The second-order valence-corrected chi connectivity index (χ2v) is 9.75. The van der Waals surface area contributed by atoms with Gasteiger partial charge in [-0.1, -0.05) is 18.2 Å². The predicted molar refractivity (Wildman–Crippen MR) is 140 cm³/mol. The number of hydrogen-bond acceptors (Lipinski definition) is 6. The van der Waals surface area contributed by atoms with Gasteiger partial charge < -0.3 is 10.1 Å². The number of nitrogens with zero attached hydrogens (tertiary/aromatic N) is 2. The van der Waals surface area contributed by atoms with Crippen LogP contribution in [0, 0.1) is 5.82 Å². The second-order valence-electron chi connectivity index (χ2n) is 8.19. The summed E-state index contributed by atoms with van der Waals surface area (Å²) in [6, 6.07) is 20.4. The van der Waals surface area contributed by atoms with Crippen LogP contribution in [0.5, 0.6) is 0 Å². The summed E-state index contributed by atoms with van der Waals surface area (Å²) >= 11 is 0. The molecular formula is C27H23FN4O5S. The highest BCUT2D eigenvalue weighted by molar-refractivity contribution is 7.89. The summed E-state index contributed by atoms with van der Waals surface area (Å²) in [6.45, 7) is 1.40. The number of aromatic nitrogens is 2. The Bertz CT molecular complexity index is 1580. The van der Waals surface area contributed by atoms with E-state index in [1.807, 2.05) is 30.3 Å². The zero-order valence-corrected chi connectivity index (χ0v) is 20.9. The Labute approximate surface area is 218 Å². The van der Waals surface area contributed by atoms with Crippen LogP contribution in [0.2, 0.25) is 0 Å². The number of hydrogen-bond donors (Lipinski definition) is 2. The number of carbonyl (C=O) groups is 2. The Hall–Kier alpha value is -4.61. The molecule has 4 rings (SSSR count). The molecule has 0 aliphatic rings. The Morgan fingerprint density at radius 1 is 1.03 bits per heavy atom. The van der Waals surface area contributed by atoms with Gasteiger partial charge in [0.2, 0.25) is 10.0 Å². The number of para-hydroxylation sites is 1. The fourth-order valence-corrected chi connectivity index (χ4v) is 3.97. The summed E-state index contributed by atoms with van der Waals surface area (Å²) < 4.78 is 43.0. The quantitative estimate of drug-likeness (QED) is 0.260. The van der Waals surface area contributed by atoms with Crippen LogP contribution in [0.1, 0.15) is 12.5 Å². The van der Waals surface area contributed by atoms with Gasteiger partial charge in [-0.3, -0.25) is 4.79 Å². The van der Waals surface area contributed by atoms with E-state index in [1.54, 1.807) is 23.0 Å². The van der Waals surface area contributed by atoms with Crippen LogP contribution in [0.3, 0.4) is 0 Å². The summed E-state index contributed by atoms with van der Waals surface area (Å²) in [5.41, 5.74) is 2.84. The van der Waals surface area contributed by atoms with E-state index in [1.165, 1.54) is 55.5 Å². The zero-order chi connectivity index (χ0) is 27.3. The van der Waals surface area contributed by atoms with Gasteiger partial charge in [-0.2, -0.15) is 5.10 Å². The maximum Gasteiger partial charge on any atom is 0.331 e. The van der Waals surface area contributed by atoms with Crippen molar-refractivity contribution >= 4 is 33.7 Å². The molecule has 0 saturated heterocycles. The molecule has 1 amide bonds. The summed E-state index contributed by atoms with van der Waals surface area (Å²) in [6.07, 6.45) is 3.25. The van der Waals surface area contributed by atoms with Crippen molar-refractivity contribution in [2.24, 2.45) is 5.14 Å². The summed E-state index contributed by atoms with van der Waals surface area (Å²) in [5, 5.41) is 12.2. The van der Waals surface area contributed by atoms with Gasteiger partial charge in [0.15, 0.2) is 6.10 Å². The number of esters is 1. The van der Waals surface area contributed by atoms with Crippen molar-refractivity contribution in [1.82, 2.24) is 9.78 Å². The van der Waals surface area contributed by atoms with Crippen molar-refractivity contribution in [2.75, 3.05) is 5.32 Å². The zero-order valence-electron chi connectivity index (χ0n) is 20.1. The maximum absolute atomic E-state index is 13.5. The van der Waals surface area contributed by atoms with Crippen LogP contribution in [0.25, 0.3) is 23.0 Å². The van der Waals surface area contributed by atoms with Gasteiger partial charge in [0, 0.05) is 29.1 Å². The molecule has 11 heteroatoms. The summed E-state index contributed by atoms with van der Waals surface area (Å²) in [7, 11) is -3.86. The third kappa shape index (κ3) is 6.58. The van der Waals surface area contributed by atoms with E-state index in [4.69, 9.17) is 9.88 Å². The van der Waals surface area contributed by atoms with E-state index in [-0.39, 0.29) is 10.7 Å². The first-order valence-electron chi connectivity index (χ1n) is 11.3. The fourth-order valence-electron chi connectivity index (χ4n) is 3.45. The highest BCUT2D eigenvalue weighted by atomic mass is 32.2. The molecular weight excluding hydrogens is 511 g/mol. The molecule has 0 aliphatic carbocycles. The minimum Gasteiger partial charge on any atom is -0.449 e. The Morgan fingerprint density at radius 2 is 1.68 bits per heavy atom. The molecule has 0 radical (unpaired) electrons. The topological polar surface area (TPSA) is 133 Å². The Balaban J connectivity index is 1.47. The number of sulfonamides is 1. The number of benzene rings is 3. The number of carbonyl (C=O) groups excluding carboxylic acids is 2. The molecule has 194 valence electrons. The van der Waals surface area contributed by atoms with E-state index in [0.29, 0.717) is 22.5 Å². The SMILES string of the molecule is CC(OC(=O)/C=C/c1cn(-c2ccccc2)nc1-c1ccc(F)cc1)C(=O)Nc1ccc(S(N)(=O)=O)cc1. The molecule has 3 aromatic carbocycles. The van der Waals surface area contributed by atoms with Gasteiger partial charge in [0.1, 0.15) is 5.82 Å². The lowest BCUT2D eigenvalue weighted by Crippen LogP contribution is -2.29. The van der Waals surface area contributed by atoms with Gasteiger partial charge in [-0.15, -0.1) is 0 Å². The molecule has 3 N–H and O–H groups in total. The van der Waals surface area contributed by atoms with Crippen LogP contribution in [0.15, 0.2) is 96.0 Å². The van der Waals surface area contributed by atoms with Crippen LogP contribution in [-0.2, 0) is 24.3 Å². The second kappa shape index (κ2) is 11.2. The Morgan fingerprint density at radius 3 is 2.32 bits per heavy atom. The van der Waals surface area contributed by atoms with Crippen molar-refractivity contribution in [3.63, 3.8) is 0 Å². The molecule has 4 aromatic rings. The molecule has 1 heterocycles. The lowest BCUT2D eigenvalue weighted by molar-refractivity contribution is -0.148. The largest absolute Gasteiger partial charge is 0.449 e. The standard InChI is InChI=1S/C27H23FN4O5S/c1-18(27(34)30-22-12-14-24(15-13-22)38(29,35)36)37-25(33)16-9-20-17-32(23-5-3-2-4-6-23)31-26(20)19-7-10-21(28)11-8-19/h2-18H,1H3,(H,30,34)(H2,29,35,36)/b16-9+. The predicted octanol–water partition coefficient (Wildman–Crippen LogP) is 3.91. The van der Waals surface area contributed by atoms with Gasteiger partial charge in [-0.05, 0) is 73.7 Å². The highest BCUT2D eigenvalue weighted by Crippen LogP contribution is 2.25. The molecule has 0 bridgehead atoms. The number of anilines is 1. The Kier molecular flexibility index (Phi) is 7.79. The van der Waals surface area contributed by atoms with E-state index < -0.39 is 28.0 Å². The molecule has 0 spiro atoms. The smallest absolute Gasteiger partial charge is 0.331 e. The van der Waals surface area contributed by atoms with E-state index in [2.05, 4.69) is 10.4 Å². The van der Waals surface area contributed by atoms with Gasteiger partial charge in [0.25, 0.3) is 5.91 Å². The lowest BCUT2D eigenvalue weighted by Gasteiger charge is -2.12. The molecule has 0 saturated carbocycles. The van der Waals surface area contributed by atoms with Crippen molar-refractivity contribution in [3.8, 4) is 16.9 Å². The van der Waals surface area contributed by atoms with E-state index in [0.717, 1.165) is 5.69 Å². The van der Waals surface area contributed by atoms with Crippen LogP contribution in [0.4, 0.5) is 10.1 Å². The van der Waals surface area contributed by atoms with Gasteiger partial charge in [-0.25, -0.2) is 27.4 Å². The molecule has 9 nitrogen and oxygen atoms in total. The first kappa shape index (κ1) is 26.5. The number of rotatable bonds is 8. The van der Waals surface area contributed by atoms with Crippen LogP contribution < -0.4 is 10.5 Å². The average Bonchev–Trinajstić information content (AvgIpc) is 3.32. The number of amides is 1. The molecule has 1 atom stereocenters. The lowest BCUT2D eigenvalue weighted by atomic mass is 10.1. The maximum atomic E-state index is 13.5. The minimum atomic E-state index is -3.86. The fraction of sp³-hybridized carbons (Fsp3) is 0.0741. The minimum absolute atomic E-state index is 0.101. The normalized spacial score (nSPS) is 12.3. The van der Waals surface area contributed by atoms with Gasteiger partial charge >= 0.3 is 5.97 Å². The number of nitrogens with one attached hydrogen (secondary N) is 1. The van der Waals surface area contributed by atoms with Crippen LogP contribution in [-0.4, -0.2) is 36.2 Å². The molecule has 38 heavy (non-hydrogen) atoms. The number of ether oxygens (including phenoxy) is 1. The number of nitrogens with two attached hydrogens (primary N) is 1. The third-order valence-corrected chi connectivity index (χ3v) is 6.32. The summed E-state index contributed by atoms with van der Waals surface area (Å²) in [5.74, 6) is -1.77. The highest BCUT2D eigenvalue weighted by Gasteiger charge is 2.18. The first-order valence-corrected chi connectivity index (χ1v) is 12.9. The van der Waals surface area contributed by atoms with Crippen molar-refractivity contribution in [1.29, 1.82) is 0 Å². The van der Waals surface area contributed by atoms with E-state index in [9.17, 15) is 22.4 Å². The third-order valence-electron chi connectivity index (χ3n) is 5.39. The van der Waals surface area contributed by atoms with Crippen molar-refractivity contribution in [2.45, 2.75) is 17.9 Å². The van der Waals surface area contributed by atoms with Crippen LogP contribution >= 0.6 is 0 Å². The molecule has 0 aliphatic heterocycles. The van der Waals surface area contributed by atoms with E-state index >= 15 is 0 Å². The molecule has 0 fully saturated rings. The summed E-state index contributed by atoms with van der Waals surface area (Å²) in [4.78, 5) is 24.8. The van der Waals surface area contributed by atoms with Crippen molar-refractivity contribution in [3.05, 3.63) is 103 Å². The molecule has 1 unspecified atom stereocenters. The monoisotopic (exact) mass is 534 g/mol. The van der Waals surface area contributed by atoms with Crippen molar-refractivity contribution < 1.29 is 27.1 Å².